The third-order valence-electron chi connectivity index (χ3n) is 1.86. The lowest BCUT2D eigenvalue weighted by Crippen LogP contribution is -2.24. The van der Waals surface area contributed by atoms with Crippen molar-refractivity contribution in [2.45, 2.75) is 6.54 Å². The van der Waals surface area contributed by atoms with Crippen molar-refractivity contribution >= 4 is 11.7 Å². The van der Waals surface area contributed by atoms with E-state index in [-0.39, 0.29) is 17.4 Å². The standard InChI is InChI=1S/C9H10N6O/c10-7-4-11-3-6(15-7)9(16)14-5-8-12-1-2-13-8/h1-4H,5H2,(H2,10,15)(H,12,13)(H,14,16). The third-order valence-corrected chi connectivity index (χ3v) is 1.86. The highest BCUT2D eigenvalue weighted by Crippen LogP contribution is 1.97. The summed E-state index contributed by atoms with van der Waals surface area (Å²) < 4.78 is 0. The molecule has 0 aliphatic heterocycles. The highest BCUT2D eigenvalue weighted by Gasteiger charge is 2.07. The van der Waals surface area contributed by atoms with Gasteiger partial charge in [0.1, 0.15) is 17.3 Å². The van der Waals surface area contributed by atoms with Crippen LogP contribution in [-0.4, -0.2) is 25.8 Å². The minimum absolute atomic E-state index is 0.187. The van der Waals surface area contributed by atoms with E-state index < -0.39 is 0 Å². The Balaban J connectivity index is 1.98. The van der Waals surface area contributed by atoms with Crippen molar-refractivity contribution in [1.29, 1.82) is 0 Å². The van der Waals surface area contributed by atoms with Gasteiger partial charge in [-0.15, -0.1) is 0 Å². The number of carbonyl (C=O) groups is 1. The first-order valence-electron chi connectivity index (χ1n) is 4.59. The largest absolute Gasteiger partial charge is 0.382 e. The second kappa shape index (κ2) is 4.39. The monoisotopic (exact) mass is 218 g/mol. The first-order chi connectivity index (χ1) is 7.75. The number of nitrogens with two attached hydrogens (primary N) is 1. The molecule has 16 heavy (non-hydrogen) atoms. The van der Waals surface area contributed by atoms with Gasteiger partial charge in [-0.25, -0.2) is 9.97 Å². The van der Waals surface area contributed by atoms with E-state index >= 15 is 0 Å². The maximum atomic E-state index is 11.6. The van der Waals surface area contributed by atoms with Gasteiger partial charge in [0, 0.05) is 12.4 Å². The molecular weight excluding hydrogens is 208 g/mol. The van der Waals surface area contributed by atoms with Gasteiger partial charge in [-0.3, -0.25) is 9.78 Å². The number of nitrogens with one attached hydrogen (secondary N) is 2. The molecule has 7 heteroatoms. The topological polar surface area (TPSA) is 110 Å². The number of nitrogens with zero attached hydrogens (tertiary/aromatic N) is 3. The average Bonchev–Trinajstić information content (AvgIpc) is 2.78. The molecule has 0 spiro atoms. The normalized spacial score (nSPS) is 10.0. The number of aromatic amines is 1. The van der Waals surface area contributed by atoms with Gasteiger partial charge in [0.2, 0.25) is 0 Å². The summed E-state index contributed by atoms with van der Waals surface area (Å²) in [7, 11) is 0. The molecule has 0 saturated carbocycles. The fourth-order valence-corrected chi connectivity index (χ4v) is 1.14. The van der Waals surface area contributed by atoms with Crippen LogP contribution in [0.4, 0.5) is 5.82 Å². The maximum absolute atomic E-state index is 11.6. The van der Waals surface area contributed by atoms with Crippen molar-refractivity contribution in [2.24, 2.45) is 0 Å². The van der Waals surface area contributed by atoms with Crippen LogP contribution in [0.25, 0.3) is 0 Å². The quantitative estimate of drug-likeness (QED) is 0.655. The maximum Gasteiger partial charge on any atom is 0.271 e. The molecule has 4 N–H and O–H groups in total. The second-order valence-corrected chi connectivity index (χ2v) is 3.05. The number of rotatable bonds is 3. The van der Waals surface area contributed by atoms with Crippen molar-refractivity contribution in [1.82, 2.24) is 25.3 Å². The van der Waals surface area contributed by atoms with Crippen LogP contribution >= 0.6 is 0 Å². The zero-order valence-corrected chi connectivity index (χ0v) is 8.34. The fourth-order valence-electron chi connectivity index (χ4n) is 1.14. The Kier molecular flexibility index (Phi) is 2.77. The first kappa shape index (κ1) is 10.1. The van der Waals surface area contributed by atoms with Gasteiger partial charge in [-0.2, -0.15) is 0 Å². The van der Waals surface area contributed by atoms with E-state index in [9.17, 15) is 4.79 Å². The lowest BCUT2D eigenvalue weighted by molar-refractivity contribution is 0.0944. The zero-order valence-electron chi connectivity index (χ0n) is 8.34. The molecule has 0 aliphatic rings. The van der Waals surface area contributed by atoms with E-state index in [2.05, 4.69) is 25.3 Å². The average molecular weight is 218 g/mol. The number of amides is 1. The molecule has 2 aromatic heterocycles. The zero-order chi connectivity index (χ0) is 11.4. The summed E-state index contributed by atoms with van der Waals surface area (Å²) in [4.78, 5) is 26.0. The Labute approximate surface area is 91.1 Å². The van der Waals surface area contributed by atoms with Crippen molar-refractivity contribution < 1.29 is 4.79 Å². The highest BCUT2D eigenvalue weighted by atomic mass is 16.1. The van der Waals surface area contributed by atoms with Gasteiger partial charge in [-0.1, -0.05) is 0 Å². The smallest absolute Gasteiger partial charge is 0.271 e. The molecule has 2 aromatic rings. The molecule has 0 unspecified atom stereocenters. The Morgan fingerprint density at radius 1 is 1.50 bits per heavy atom. The Morgan fingerprint density at radius 2 is 2.38 bits per heavy atom. The molecule has 0 aliphatic carbocycles. The molecule has 0 fully saturated rings. The van der Waals surface area contributed by atoms with Gasteiger partial charge in [0.05, 0.1) is 18.9 Å². The van der Waals surface area contributed by atoms with Gasteiger partial charge >= 0.3 is 0 Å². The molecule has 2 heterocycles. The van der Waals surface area contributed by atoms with E-state index in [1.165, 1.54) is 12.4 Å². The Hall–Kier alpha value is -2.44. The summed E-state index contributed by atoms with van der Waals surface area (Å²) in [5.41, 5.74) is 5.60. The summed E-state index contributed by atoms with van der Waals surface area (Å²) in [5, 5.41) is 2.64. The van der Waals surface area contributed by atoms with E-state index in [0.29, 0.717) is 12.4 Å². The molecule has 7 nitrogen and oxygen atoms in total. The van der Waals surface area contributed by atoms with Crippen molar-refractivity contribution in [3.8, 4) is 0 Å². The number of aromatic nitrogens is 4. The van der Waals surface area contributed by atoms with Crippen LogP contribution in [0.3, 0.4) is 0 Å². The van der Waals surface area contributed by atoms with Crippen LogP contribution in [0.2, 0.25) is 0 Å². The van der Waals surface area contributed by atoms with Crippen molar-refractivity contribution in [3.63, 3.8) is 0 Å². The number of imidazole rings is 1. The lowest BCUT2D eigenvalue weighted by Gasteiger charge is -2.02. The molecule has 0 radical (unpaired) electrons. The van der Waals surface area contributed by atoms with Crippen LogP contribution in [0.1, 0.15) is 16.3 Å². The van der Waals surface area contributed by atoms with E-state index in [1.807, 2.05) is 0 Å². The Bertz CT molecular complexity index is 481. The van der Waals surface area contributed by atoms with Gasteiger partial charge in [-0.05, 0) is 0 Å². The third kappa shape index (κ3) is 2.32. The molecule has 0 bridgehead atoms. The van der Waals surface area contributed by atoms with Crippen LogP contribution in [-0.2, 0) is 6.54 Å². The number of hydrogen-bond donors (Lipinski definition) is 3. The van der Waals surface area contributed by atoms with Crippen molar-refractivity contribution in [2.75, 3.05) is 5.73 Å². The molecule has 82 valence electrons. The molecule has 0 saturated heterocycles. The molecule has 2 rings (SSSR count). The number of carbonyl (C=O) groups excluding carboxylic acids is 1. The number of H-pyrrole nitrogens is 1. The predicted octanol–water partition coefficient (Wildman–Crippen LogP) is -0.288. The molecule has 0 aromatic carbocycles. The number of hydrogen-bond acceptors (Lipinski definition) is 5. The first-order valence-corrected chi connectivity index (χ1v) is 4.59. The SMILES string of the molecule is Nc1cncc(C(=O)NCc2ncc[nH]2)n1. The summed E-state index contributed by atoms with van der Waals surface area (Å²) in [6.07, 6.45) is 6.03. The van der Waals surface area contributed by atoms with Crippen LogP contribution in [0.15, 0.2) is 24.8 Å². The number of nitrogen functional groups attached to an aromatic ring is 1. The van der Waals surface area contributed by atoms with Crippen LogP contribution in [0, 0.1) is 0 Å². The Morgan fingerprint density at radius 3 is 3.06 bits per heavy atom. The second-order valence-electron chi connectivity index (χ2n) is 3.05. The molecule has 0 atom stereocenters. The van der Waals surface area contributed by atoms with E-state index in [1.54, 1.807) is 12.4 Å². The van der Waals surface area contributed by atoms with Gasteiger partial charge in [0.15, 0.2) is 0 Å². The summed E-state index contributed by atoms with van der Waals surface area (Å²) in [6.45, 7) is 0.308. The highest BCUT2D eigenvalue weighted by molar-refractivity contribution is 5.92. The minimum Gasteiger partial charge on any atom is -0.382 e. The van der Waals surface area contributed by atoms with Crippen LogP contribution < -0.4 is 11.1 Å². The summed E-state index contributed by atoms with van der Waals surface area (Å²) in [6, 6.07) is 0. The predicted molar refractivity (Wildman–Crippen MR) is 56.2 cm³/mol. The minimum atomic E-state index is -0.337. The van der Waals surface area contributed by atoms with E-state index in [0.717, 1.165) is 0 Å². The van der Waals surface area contributed by atoms with Crippen LogP contribution in [0.5, 0.6) is 0 Å². The summed E-state index contributed by atoms with van der Waals surface area (Å²) >= 11 is 0. The molecular formula is C9H10N6O. The van der Waals surface area contributed by atoms with Gasteiger partial charge < -0.3 is 16.0 Å². The molecule has 1 amide bonds. The van der Waals surface area contributed by atoms with Crippen molar-refractivity contribution in [3.05, 3.63) is 36.3 Å². The van der Waals surface area contributed by atoms with E-state index in [4.69, 9.17) is 5.73 Å². The summed E-state index contributed by atoms with van der Waals surface area (Å²) in [5.74, 6) is 0.548. The fraction of sp³-hybridized carbons (Fsp3) is 0.111. The number of anilines is 1. The van der Waals surface area contributed by atoms with Gasteiger partial charge in [0.25, 0.3) is 5.91 Å². The lowest BCUT2D eigenvalue weighted by atomic mass is 10.4.